The lowest BCUT2D eigenvalue weighted by Gasteiger charge is -2.40. The first kappa shape index (κ1) is 12.3. The monoisotopic (exact) mass is 227 g/mol. The minimum atomic E-state index is 0.437. The maximum atomic E-state index is 5.89. The largest absolute Gasteiger partial charge is 0.374 e. The second-order valence-corrected chi connectivity index (χ2v) is 5.29. The zero-order valence-corrected chi connectivity index (χ0v) is 10.6. The van der Waals surface area contributed by atoms with Gasteiger partial charge in [-0.2, -0.15) is 0 Å². The van der Waals surface area contributed by atoms with E-state index in [0.717, 1.165) is 32.7 Å². The summed E-state index contributed by atoms with van der Waals surface area (Å²) in [7, 11) is 2.17. The number of hydrogen-bond donors (Lipinski definition) is 1. The quantitative estimate of drug-likeness (QED) is 0.744. The van der Waals surface area contributed by atoms with Crippen LogP contribution in [0.5, 0.6) is 0 Å². The molecule has 2 aliphatic heterocycles. The van der Waals surface area contributed by atoms with Gasteiger partial charge in [-0.05, 0) is 26.8 Å². The Labute approximate surface area is 98.7 Å². The molecule has 2 aliphatic rings. The highest BCUT2D eigenvalue weighted by atomic mass is 16.5. The lowest BCUT2D eigenvalue weighted by molar-refractivity contribution is 0.00463. The Balaban J connectivity index is 1.83. The molecular weight excluding hydrogens is 202 g/mol. The van der Waals surface area contributed by atoms with Crippen LogP contribution in [0.15, 0.2) is 0 Å². The van der Waals surface area contributed by atoms with Crippen LogP contribution in [-0.4, -0.2) is 67.8 Å². The molecule has 2 heterocycles. The summed E-state index contributed by atoms with van der Waals surface area (Å²) in [5, 5.41) is 0. The van der Waals surface area contributed by atoms with Gasteiger partial charge in [-0.15, -0.1) is 0 Å². The molecule has 0 radical (unpaired) electrons. The van der Waals surface area contributed by atoms with E-state index in [1.807, 2.05) is 0 Å². The molecule has 0 aliphatic carbocycles. The average molecular weight is 227 g/mol. The van der Waals surface area contributed by atoms with E-state index in [1.165, 1.54) is 12.8 Å². The number of nitrogens with two attached hydrogens (primary N) is 1. The molecule has 0 saturated carbocycles. The third-order valence-electron chi connectivity index (χ3n) is 3.84. The van der Waals surface area contributed by atoms with Gasteiger partial charge in [0.15, 0.2) is 0 Å². The number of nitrogens with zero attached hydrogens (tertiary/aromatic N) is 2. The van der Waals surface area contributed by atoms with Gasteiger partial charge in [-0.25, -0.2) is 0 Å². The molecule has 94 valence electrons. The van der Waals surface area contributed by atoms with Gasteiger partial charge >= 0.3 is 0 Å². The third kappa shape index (κ3) is 2.94. The molecular formula is C12H25N3O. The van der Waals surface area contributed by atoms with Crippen molar-refractivity contribution in [3.05, 3.63) is 0 Å². The van der Waals surface area contributed by atoms with E-state index < -0.39 is 0 Å². The fourth-order valence-electron chi connectivity index (χ4n) is 2.79. The van der Waals surface area contributed by atoms with Gasteiger partial charge in [0.1, 0.15) is 0 Å². The average Bonchev–Trinajstić information content (AvgIpc) is 2.67. The summed E-state index contributed by atoms with van der Waals surface area (Å²) in [5.74, 6) is 0. The normalized spacial score (nSPS) is 38.1. The predicted octanol–water partition coefficient (Wildman–Crippen LogP) is 0.129. The number of ether oxygens (including phenoxy) is 1. The topological polar surface area (TPSA) is 41.7 Å². The molecule has 2 rings (SSSR count). The zero-order valence-electron chi connectivity index (χ0n) is 10.6. The lowest BCUT2D eigenvalue weighted by atomic mass is 10.1. The van der Waals surface area contributed by atoms with E-state index in [0.29, 0.717) is 18.2 Å². The summed E-state index contributed by atoms with van der Waals surface area (Å²) >= 11 is 0. The van der Waals surface area contributed by atoms with Crippen LogP contribution < -0.4 is 5.73 Å². The predicted molar refractivity (Wildman–Crippen MR) is 65.5 cm³/mol. The molecule has 16 heavy (non-hydrogen) atoms. The Morgan fingerprint density at radius 1 is 1.31 bits per heavy atom. The molecule has 0 amide bonds. The molecule has 3 unspecified atom stereocenters. The van der Waals surface area contributed by atoms with E-state index in [2.05, 4.69) is 23.8 Å². The highest BCUT2D eigenvalue weighted by Gasteiger charge is 2.29. The standard InChI is InChI=1S/C12H25N3O/c1-10-3-4-12(16-10)9-15-6-5-14(2)8-11(15)7-13/h10-12H,3-9,13H2,1-2H3. The van der Waals surface area contributed by atoms with Crippen LogP contribution in [0.3, 0.4) is 0 Å². The Bertz CT molecular complexity index is 224. The molecule has 2 fully saturated rings. The van der Waals surface area contributed by atoms with Crippen molar-refractivity contribution in [1.29, 1.82) is 0 Å². The molecule has 0 aromatic heterocycles. The lowest BCUT2D eigenvalue weighted by Crippen LogP contribution is -2.56. The Kier molecular flexibility index (Phi) is 4.19. The van der Waals surface area contributed by atoms with Gasteiger partial charge in [0, 0.05) is 38.8 Å². The fraction of sp³-hybridized carbons (Fsp3) is 1.00. The molecule has 3 atom stereocenters. The molecule has 2 N–H and O–H groups in total. The van der Waals surface area contributed by atoms with Crippen molar-refractivity contribution >= 4 is 0 Å². The van der Waals surface area contributed by atoms with Crippen molar-refractivity contribution in [2.24, 2.45) is 5.73 Å². The first-order chi connectivity index (χ1) is 7.69. The van der Waals surface area contributed by atoms with Crippen LogP contribution in [0.4, 0.5) is 0 Å². The summed E-state index contributed by atoms with van der Waals surface area (Å²) < 4.78 is 5.89. The van der Waals surface area contributed by atoms with E-state index >= 15 is 0 Å². The van der Waals surface area contributed by atoms with Gasteiger partial charge in [0.2, 0.25) is 0 Å². The summed E-state index contributed by atoms with van der Waals surface area (Å²) in [5.41, 5.74) is 5.85. The maximum absolute atomic E-state index is 5.89. The van der Waals surface area contributed by atoms with Gasteiger partial charge in [0.05, 0.1) is 12.2 Å². The Morgan fingerprint density at radius 2 is 2.12 bits per heavy atom. The van der Waals surface area contributed by atoms with Crippen LogP contribution in [0.1, 0.15) is 19.8 Å². The van der Waals surface area contributed by atoms with Crippen LogP contribution in [0.2, 0.25) is 0 Å². The number of piperazine rings is 1. The smallest absolute Gasteiger partial charge is 0.0706 e. The summed E-state index contributed by atoms with van der Waals surface area (Å²) in [6.07, 6.45) is 3.32. The van der Waals surface area contributed by atoms with Crippen LogP contribution in [0, 0.1) is 0 Å². The summed E-state index contributed by atoms with van der Waals surface area (Å²) in [4.78, 5) is 4.88. The van der Waals surface area contributed by atoms with Gasteiger partial charge in [0.25, 0.3) is 0 Å². The van der Waals surface area contributed by atoms with Crippen molar-refractivity contribution in [1.82, 2.24) is 9.80 Å². The SMILES string of the molecule is CC1CCC(CN2CCN(C)CC2CN)O1. The van der Waals surface area contributed by atoms with E-state index in [4.69, 9.17) is 10.5 Å². The second kappa shape index (κ2) is 5.45. The van der Waals surface area contributed by atoms with Crippen molar-refractivity contribution in [2.75, 3.05) is 39.8 Å². The highest BCUT2D eigenvalue weighted by Crippen LogP contribution is 2.21. The first-order valence-electron chi connectivity index (χ1n) is 6.47. The number of likely N-dealkylation sites (N-methyl/N-ethyl adjacent to an activating group) is 1. The van der Waals surface area contributed by atoms with Crippen LogP contribution in [0.25, 0.3) is 0 Å². The van der Waals surface area contributed by atoms with Gasteiger partial charge in [-0.3, -0.25) is 4.90 Å². The van der Waals surface area contributed by atoms with Crippen molar-refractivity contribution in [3.63, 3.8) is 0 Å². The zero-order chi connectivity index (χ0) is 11.5. The number of rotatable bonds is 3. The molecule has 0 bridgehead atoms. The minimum absolute atomic E-state index is 0.437. The van der Waals surface area contributed by atoms with Crippen molar-refractivity contribution < 1.29 is 4.74 Å². The van der Waals surface area contributed by atoms with Crippen molar-refractivity contribution in [3.8, 4) is 0 Å². The highest BCUT2D eigenvalue weighted by molar-refractivity contribution is 4.84. The van der Waals surface area contributed by atoms with E-state index in [9.17, 15) is 0 Å². The van der Waals surface area contributed by atoms with Crippen LogP contribution in [-0.2, 0) is 4.74 Å². The molecule has 0 aromatic rings. The van der Waals surface area contributed by atoms with Crippen molar-refractivity contribution in [2.45, 2.75) is 38.0 Å². The van der Waals surface area contributed by atoms with Gasteiger partial charge < -0.3 is 15.4 Å². The summed E-state index contributed by atoms with van der Waals surface area (Å²) in [6, 6.07) is 0.512. The molecule has 2 saturated heterocycles. The Hall–Kier alpha value is -0.160. The first-order valence-corrected chi connectivity index (χ1v) is 6.47. The number of hydrogen-bond acceptors (Lipinski definition) is 4. The second-order valence-electron chi connectivity index (χ2n) is 5.29. The van der Waals surface area contributed by atoms with E-state index in [-0.39, 0.29) is 0 Å². The van der Waals surface area contributed by atoms with Gasteiger partial charge in [-0.1, -0.05) is 0 Å². The van der Waals surface area contributed by atoms with Crippen LogP contribution >= 0.6 is 0 Å². The third-order valence-corrected chi connectivity index (χ3v) is 3.84. The summed E-state index contributed by atoms with van der Waals surface area (Å²) in [6.45, 7) is 7.38. The molecule has 4 heteroatoms. The van der Waals surface area contributed by atoms with E-state index in [1.54, 1.807) is 0 Å². The molecule has 0 spiro atoms. The fourth-order valence-corrected chi connectivity index (χ4v) is 2.79. The minimum Gasteiger partial charge on any atom is -0.374 e. The molecule has 0 aromatic carbocycles. The molecule has 4 nitrogen and oxygen atoms in total. The Morgan fingerprint density at radius 3 is 2.75 bits per heavy atom. The maximum Gasteiger partial charge on any atom is 0.0706 e.